The average molecular weight is 222 g/mol. The molecular weight excluding hydrogens is 200 g/mol. The van der Waals surface area contributed by atoms with E-state index in [9.17, 15) is 0 Å². The Bertz CT molecular complexity index is 391. The van der Waals surface area contributed by atoms with Crippen LogP contribution in [0.1, 0.15) is 51.1 Å². The summed E-state index contributed by atoms with van der Waals surface area (Å²) in [6, 6.07) is 0. The first-order chi connectivity index (χ1) is 7.36. The topological polar surface area (TPSA) is 38.1 Å². The molecule has 0 aromatic carbocycles. The quantitative estimate of drug-likeness (QED) is 0.836. The van der Waals surface area contributed by atoms with Gasteiger partial charge in [0.2, 0.25) is 0 Å². The van der Waals surface area contributed by atoms with Crippen molar-refractivity contribution in [2.24, 2.45) is 5.41 Å². The predicted molar refractivity (Wildman–Crippen MR) is 64.4 cm³/mol. The van der Waals surface area contributed by atoms with Gasteiger partial charge in [0, 0.05) is 18.5 Å². The normalized spacial score (nSPS) is 21.8. The molecule has 0 amide bonds. The molecule has 0 spiro atoms. The van der Waals surface area contributed by atoms with Crippen LogP contribution in [0.15, 0.2) is 4.52 Å². The summed E-state index contributed by atoms with van der Waals surface area (Å²) in [4.78, 5) is 0. The Morgan fingerprint density at radius 3 is 2.62 bits per heavy atom. The molecule has 1 aromatic rings. The van der Waals surface area contributed by atoms with Crippen molar-refractivity contribution in [3.8, 4) is 0 Å². The summed E-state index contributed by atoms with van der Waals surface area (Å²) < 4.78 is 5.52. The van der Waals surface area contributed by atoms with Gasteiger partial charge >= 0.3 is 0 Å². The summed E-state index contributed by atoms with van der Waals surface area (Å²) in [7, 11) is 1.95. The van der Waals surface area contributed by atoms with Gasteiger partial charge in [0.05, 0.1) is 0 Å². The van der Waals surface area contributed by atoms with Crippen molar-refractivity contribution in [3.63, 3.8) is 0 Å². The number of nitrogens with zero attached hydrogens (tertiary/aromatic N) is 1. The van der Waals surface area contributed by atoms with Crippen molar-refractivity contribution >= 4 is 0 Å². The summed E-state index contributed by atoms with van der Waals surface area (Å²) in [5, 5.41) is 7.37. The third-order valence-electron chi connectivity index (χ3n) is 3.41. The molecule has 3 heteroatoms. The van der Waals surface area contributed by atoms with E-state index in [0.29, 0.717) is 5.41 Å². The van der Waals surface area contributed by atoms with Crippen LogP contribution in [0.4, 0.5) is 0 Å². The van der Waals surface area contributed by atoms with E-state index in [4.69, 9.17) is 4.52 Å². The average Bonchev–Trinajstić information content (AvgIpc) is 2.45. The highest BCUT2D eigenvalue weighted by Crippen LogP contribution is 2.46. The van der Waals surface area contributed by atoms with Gasteiger partial charge in [-0.2, -0.15) is 0 Å². The number of rotatable bonds is 2. The highest BCUT2D eigenvalue weighted by Gasteiger charge is 2.41. The monoisotopic (exact) mass is 222 g/mol. The van der Waals surface area contributed by atoms with E-state index in [1.807, 2.05) is 7.05 Å². The fourth-order valence-corrected chi connectivity index (χ4v) is 3.32. The number of fused-ring (bicyclic) bond motifs is 1. The van der Waals surface area contributed by atoms with Gasteiger partial charge in [-0.3, -0.25) is 0 Å². The number of aromatic nitrogens is 1. The summed E-state index contributed by atoms with van der Waals surface area (Å²) in [6.07, 6.45) is 2.19. The van der Waals surface area contributed by atoms with Crippen LogP contribution in [0.3, 0.4) is 0 Å². The van der Waals surface area contributed by atoms with Crippen LogP contribution in [0.5, 0.6) is 0 Å². The van der Waals surface area contributed by atoms with Crippen LogP contribution in [-0.2, 0) is 18.4 Å². The molecule has 0 bridgehead atoms. The van der Waals surface area contributed by atoms with Crippen molar-refractivity contribution in [2.45, 2.75) is 52.5 Å². The maximum atomic E-state index is 5.52. The molecule has 1 heterocycles. The summed E-state index contributed by atoms with van der Waals surface area (Å²) in [5.74, 6) is 1.09. The molecule has 0 aliphatic heterocycles. The Balaban J connectivity index is 2.46. The van der Waals surface area contributed by atoms with E-state index in [-0.39, 0.29) is 5.41 Å². The SMILES string of the molecule is CNCc1noc2c1C(C)(C)CC(C)(C)C2. The van der Waals surface area contributed by atoms with E-state index < -0.39 is 0 Å². The third-order valence-corrected chi connectivity index (χ3v) is 3.41. The lowest BCUT2D eigenvalue weighted by molar-refractivity contribution is 0.203. The molecular formula is C13H22N2O. The van der Waals surface area contributed by atoms with Gasteiger partial charge in [-0.1, -0.05) is 32.9 Å². The van der Waals surface area contributed by atoms with Crippen LogP contribution in [0.2, 0.25) is 0 Å². The molecule has 90 valence electrons. The molecule has 0 saturated heterocycles. The smallest absolute Gasteiger partial charge is 0.141 e. The molecule has 0 atom stereocenters. The zero-order valence-corrected chi connectivity index (χ0v) is 11.0. The lowest BCUT2D eigenvalue weighted by Gasteiger charge is -2.39. The fourth-order valence-electron chi connectivity index (χ4n) is 3.32. The second-order valence-electron chi connectivity index (χ2n) is 6.36. The Labute approximate surface area is 97.6 Å². The Kier molecular flexibility index (Phi) is 2.61. The summed E-state index contributed by atoms with van der Waals surface area (Å²) in [5.41, 5.74) is 2.90. The molecule has 3 nitrogen and oxygen atoms in total. The lowest BCUT2D eigenvalue weighted by Crippen LogP contribution is -2.35. The molecule has 0 saturated carbocycles. The zero-order valence-electron chi connectivity index (χ0n) is 11.0. The number of nitrogens with one attached hydrogen (secondary N) is 1. The van der Waals surface area contributed by atoms with Crippen LogP contribution in [0.25, 0.3) is 0 Å². The van der Waals surface area contributed by atoms with Crippen molar-refractivity contribution in [1.82, 2.24) is 10.5 Å². The predicted octanol–water partition coefficient (Wildman–Crippen LogP) is 2.64. The van der Waals surface area contributed by atoms with Gasteiger partial charge in [-0.05, 0) is 24.3 Å². The van der Waals surface area contributed by atoms with Crippen molar-refractivity contribution < 1.29 is 4.52 Å². The van der Waals surface area contributed by atoms with Crippen molar-refractivity contribution in [3.05, 3.63) is 17.0 Å². The first kappa shape index (κ1) is 11.6. The first-order valence-corrected chi connectivity index (χ1v) is 5.98. The second kappa shape index (κ2) is 3.59. The van der Waals surface area contributed by atoms with Crippen LogP contribution in [-0.4, -0.2) is 12.2 Å². The van der Waals surface area contributed by atoms with Crippen molar-refractivity contribution in [1.29, 1.82) is 0 Å². The molecule has 0 unspecified atom stereocenters. The van der Waals surface area contributed by atoms with Gasteiger partial charge in [-0.15, -0.1) is 0 Å². The van der Waals surface area contributed by atoms with E-state index in [0.717, 1.165) is 24.4 Å². The van der Waals surface area contributed by atoms with Gasteiger partial charge in [0.1, 0.15) is 11.5 Å². The zero-order chi connectivity index (χ0) is 12.0. The van der Waals surface area contributed by atoms with Crippen LogP contribution >= 0.6 is 0 Å². The third kappa shape index (κ3) is 1.88. The standard InChI is InChI=1S/C13H22N2O/c1-12(2)6-10-11(13(3,4)8-12)9(7-14-5)15-16-10/h14H,6-8H2,1-5H3. The highest BCUT2D eigenvalue weighted by molar-refractivity contribution is 5.34. The molecule has 1 aliphatic carbocycles. The number of hydrogen-bond acceptors (Lipinski definition) is 3. The van der Waals surface area contributed by atoms with Crippen LogP contribution < -0.4 is 5.32 Å². The number of hydrogen-bond donors (Lipinski definition) is 1. The molecule has 1 N–H and O–H groups in total. The molecule has 2 rings (SSSR count). The van der Waals surface area contributed by atoms with Crippen LogP contribution in [0, 0.1) is 5.41 Å². The van der Waals surface area contributed by atoms with Gasteiger partial charge in [0.15, 0.2) is 0 Å². The van der Waals surface area contributed by atoms with E-state index >= 15 is 0 Å². The highest BCUT2D eigenvalue weighted by atomic mass is 16.5. The van der Waals surface area contributed by atoms with Crippen molar-refractivity contribution in [2.75, 3.05) is 7.05 Å². The van der Waals surface area contributed by atoms with E-state index in [1.165, 1.54) is 12.0 Å². The fraction of sp³-hybridized carbons (Fsp3) is 0.769. The molecule has 1 aliphatic rings. The summed E-state index contributed by atoms with van der Waals surface area (Å²) >= 11 is 0. The minimum atomic E-state index is 0.170. The maximum Gasteiger partial charge on any atom is 0.141 e. The second-order valence-corrected chi connectivity index (χ2v) is 6.36. The minimum absolute atomic E-state index is 0.170. The molecule has 0 fully saturated rings. The Morgan fingerprint density at radius 1 is 1.31 bits per heavy atom. The van der Waals surface area contributed by atoms with Gasteiger partial charge in [0.25, 0.3) is 0 Å². The largest absolute Gasteiger partial charge is 0.361 e. The Hall–Kier alpha value is -0.830. The molecule has 16 heavy (non-hydrogen) atoms. The lowest BCUT2D eigenvalue weighted by atomic mass is 9.64. The van der Waals surface area contributed by atoms with Gasteiger partial charge in [-0.25, -0.2) is 0 Å². The first-order valence-electron chi connectivity index (χ1n) is 5.98. The molecule has 0 radical (unpaired) electrons. The molecule has 1 aromatic heterocycles. The summed E-state index contributed by atoms with van der Waals surface area (Å²) in [6.45, 7) is 9.99. The van der Waals surface area contributed by atoms with E-state index in [1.54, 1.807) is 0 Å². The minimum Gasteiger partial charge on any atom is -0.361 e. The Morgan fingerprint density at radius 2 is 2.00 bits per heavy atom. The van der Waals surface area contributed by atoms with Gasteiger partial charge < -0.3 is 9.84 Å². The van der Waals surface area contributed by atoms with E-state index in [2.05, 4.69) is 38.2 Å². The maximum absolute atomic E-state index is 5.52.